The summed E-state index contributed by atoms with van der Waals surface area (Å²) in [5, 5.41) is 14.6. The van der Waals surface area contributed by atoms with Crippen molar-refractivity contribution in [3.8, 4) is 0 Å². The number of fused-ring (bicyclic) bond motifs is 4. The molecule has 5 heterocycles. The first-order chi connectivity index (χ1) is 21.4. The molecule has 1 aromatic heterocycles. The number of aromatic nitrogens is 2. The van der Waals surface area contributed by atoms with Crippen molar-refractivity contribution in [1.82, 2.24) is 35.1 Å². The molecule has 1 atom stereocenters. The second kappa shape index (κ2) is 11.8. The van der Waals surface area contributed by atoms with Crippen molar-refractivity contribution in [3.05, 3.63) is 59.3 Å². The summed E-state index contributed by atoms with van der Waals surface area (Å²) in [5.41, 5.74) is 3.99. The van der Waals surface area contributed by atoms with Gasteiger partial charge in [-0.1, -0.05) is 30.7 Å². The Balaban J connectivity index is 1.05. The maximum Gasteiger partial charge on any atom is 0.322 e. The van der Waals surface area contributed by atoms with E-state index in [0.717, 1.165) is 52.9 Å². The highest BCUT2D eigenvalue weighted by Crippen LogP contribution is 2.32. The molecule has 2 saturated heterocycles. The van der Waals surface area contributed by atoms with Gasteiger partial charge in [0.1, 0.15) is 5.54 Å². The molecule has 11 heteroatoms. The van der Waals surface area contributed by atoms with Gasteiger partial charge in [-0.05, 0) is 74.5 Å². The van der Waals surface area contributed by atoms with Crippen LogP contribution >= 0.6 is 0 Å². The maximum absolute atomic E-state index is 14.3. The molecule has 5 amide bonds. The van der Waals surface area contributed by atoms with Crippen molar-refractivity contribution in [3.63, 3.8) is 0 Å². The number of hydrogen-bond donors (Lipinski definition) is 3. The summed E-state index contributed by atoms with van der Waals surface area (Å²) in [7, 11) is 0. The van der Waals surface area contributed by atoms with Crippen LogP contribution in [0.1, 0.15) is 55.7 Å². The molecule has 0 unspecified atom stereocenters. The first-order valence-corrected chi connectivity index (χ1v) is 16.1. The Morgan fingerprint density at radius 2 is 1.77 bits per heavy atom. The molecule has 44 heavy (non-hydrogen) atoms. The lowest BCUT2D eigenvalue weighted by atomic mass is 9.90. The van der Waals surface area contributed by atoms with Crippen molar-refractivity contribution in [2.45, 2.75) is 70.1 Å². The minimum absolute atomic E-state index is 0.0470. The number of likely N-dealkylation sites (tertiary alicyclic amines) is 2. The number of amides is 5. The number of para-hydroxylation sites is 1. The van der Waals surface area contributed by atoms with Crippen LogP contribution in [0.25, 0.3) is 10.9 Å². The number of anilines is 1. The van der Waals surface area contributed by atoms with Crippen molar-refractivity contribution in [1.29, 1.82) is 0 Å². The Labute approximate surface area is 257 Å². The fraction of sp³-hybridized carbons (Fsp3) is 0.515. The third-order valence-electron chi connectivity index (χ3n) is 10.1. The molecule has 0 aliphatic carbocycles. The number of piperidine rings is 2. The predicted molar refractivity (Wildman–Crippen MR) is 168 cm³/mol. The average molecular weight is 599 g/mol. The van der Waals surface area contributed by atoms with Gasteiger partial charge in [0.15, 0.2) is 0 Å². The molecule has 4 aliphatic rings. The quantitative estimate of drug-likeness (QED) is 0.412. The zero-order valence-corrected chi connectivity index (χ0v) is 25.5. The highest BCUT2D eigenvalue weighted by molar-refractivity contribution is 5.94. The van der Waals surface area contributed by atoms with Gasteiger partial charge in [-0.2, -0.15) is 5.10 Å². The van der Waals surface area contributed by atoms with E-state index < -0.39 is 5.54 Å². The van der Waals surface area contributed by atoms with Crippen molar-refractivity contribution >= 4 is 34.6 Å². The molecule has 11 nitrogen and oxygen atoms in total. The first kappa shape index (κ1) is 28.6. The van der Waals surface area contributed by atoms with Gasteiger partial charge < -0.3 is 30.2 Å². The van der Waals surface area contributed by atoms with E-state index in [-0.39, 0.29) is 24.0 Å². The van der Waals surface area contributed by atoms with Gasteiger partial charge in [-0.3, -0.25) is 9.89 Å². The number of H-pyrrole nitrogens is 1. The zero-order valence-electron chi connectivity index (χ0n) is 25.5. The van der Waals surface area contributed by atoms with Crippen LogP contribution in [0.15, 0.2) is 42.6 Å². The number of benzene rings is 2. The second-order valence-corrected chi connectivity index (χ2v) is 13.0. The number of aromatic amines is 1. The van der Waals surface area contributed by atoms with Crippen LogP contribution in [0.3, 0.4) is 0 Å². The van der Waals surface area contributed by atoms with E-state index in [1.165, 1.54) is 19.3 Å². The summed E-state index contributed by atoms with van der Waals surface area (Å²) in [6.07, 6.45) is 7.31. The molecule has 3 N–H and O–H groups in total. The van der Waals surface area contributed by atoms with E-state index in [4.69, 9.17) is 0 Å². The highest BCUT2D eigenvalue weighted by atomic mass is 16.2. The molecular formula is C33H42N8O3. The number of nitrogens with one attached hydrogen (secondary N) is 3. The summed E-state index contributed by atoms with van der Waals surface area (Å²) in [6.45, 7) is 7.57. The maximum atomic E-state index is 14.3. The fourth-order valence-electron chi connectivity index (χ4n) is 7.48. The Hall–Kier alpha value is -4.12. The molecule has 2 fully saturated rings. The minimum Gasteiger partial charge on any atom is -0.335 e. The van der Waals surface area contributed by atoms with E-state index in [1.807, 2.05) is 53.3 Å². The van der Waals surface area contributed by atoms with E-state index in [9.17, 15) is 14.4 Å². The summed E-state index contributed by atoms with van der Waals surface area (Å²) in [4.78, 5) is 49.0. The van der Waals surface area contributed by atoms with Crippen LogP contribution in [0.5, 0.6) is 0 Å². The molecular weight excluding hydrogens is 556 g/mol. The molecule has 0 radical (unpaired) electrons. The van der Waals surface area contributed by atoms with E-state index in [2.05, 4.69) is 31.8 Å². The van der Waals surface area contributed by atoms with Crippen LogP contribution in [0.4, 0.5) is 15.3 Å². The zero-order chi connectivity index (χ0) is 30.3. The van der Waals surface area contributed by atoms with E-state index in [0.29, 0.717) is 52.0 Å². The molecule has 3 aromatic rings. The lowest BCUT2D eigenvalue weighted by Gasteiger charge is -2.41. The third kappa shape index (κ3) is 5.49. The monoisotopic (exact) mass is 598 g/mol. The number of carbonyl (C=O) groups is 3. The standard InChI is InChI=1S/C33H42N8O3/c1-33(36-32(44)39-15-11-25(12-16-39)41-21-24-7-3-4-8-28(24)35-31(41)43)19-23-9-10-29-26(20-34-37-29)27(23)22-40(30(33)42)18-17-38-13-5-2-6-14-38/h3-4,7-10,20,25H,2,5-6,11-19,21-22H2,1H3,(H,34,37)(H,35,43)(H,36,44)/t33-/m1/s1. The first-order valence-electron chi connectivity index (χ1n) is 16.1. The lowest BCUT2D eigenvalue weighted by molar-refractivity contribution is -0.138. The number of rotatable bonds is 5. The molecule has 7 rings (SSSR count). The normalized spacial score (nSPS) is 23.2. The number of carbonyl (C=O) groups excluding carboxylic acids is 3. The second-order valence-electron chi connectivity index (χ2n) is 13.0. The Morgan fingerprint density at radius 3 is 2.59 bits per heavy atom. The SMILES string of the molecule is C[C@@]1(NC(=O)N2CCC(N3Cc4ccccc4NC3=O)CC2)Cc2ccc3[nH]ncc3c2CN(CCN2CCCCC2)C1=O. The van der Waals surface area contributed by atoms with Gasteiger partial charge in [0, 0.05) is 62.8 Å². The molecule has 4 aliphatic heterocycles. The molecule has 232 valence electrons. The number of urea groups is 2. The van der Waals surface area contributed by atoms with Gasteiger partial charge in [-0.25, -0.2) is 9.59 Å². The van der Waals surface area contributed by atoms with Crippen LogP contribution in [-0.2, 0) is 24.3 Å². The summed E-state index contributed by atoms with van der Waals surface area (Å²) in [6, 6.07) is 11.7. The molecule has 0 saturated carbocycles. The van der Waals surface area contributed by atoms with E-state index >= 15 is 0 Å². The van der Waals surface area contributed by atoms with Gasteiger partial charge in [0.05, 0.1) is 11.7 Å². The summed E-state index contributed by atoms with van der Waals surface area (Å²) in [5.74, 6) is -0.0470. The topological polar surface area (TPSA) is 117 Å². The van der Waals surface area contributed by atoms with Gasteiger partial charge >= 0.3 is 12.1 Å². The molecule has 0 bridgehead atoms. The van der Waals surface area contributed by atoms with Crippen LogP contribution < -0.4 is 10.6 Å². The van der Waals surface area contributed by atoms with Crippen LogP contribution in [-0.4, -0.2) is 98.6 Å². The summed E-state index contributed by atoms with van der Waals surface area (Å²) < 4.78 is 0. The van der Waals surface area contributed by atoms with Crippen molar-refractivity contribution < 1.29 is 14.4 Å². The average Bonchev–Trinajstić information content (AvgIpc) is 3.49. The fourth-order valence-corrected chi connectivity index (χ4v) is 7.48. The van der Waals surface area contributed by atoms with Crippen molar-refractivity contribution in [2.24, 2.45) is 0 Å². The van der Waals surface area contributed by atoms with Gasteiger partial charge in [-0.15, -0.1) is 0 Å². The van der Waals surface area contributed by atoms with E-state index in [1.54, 1.807) is 4.90 Å². The smallest absolute Gasteiger partial charge is 0.322 e. The van der Waals surface area contributed by atoms with Gasteiger partial charge in [0.2, 0.25) is 5.91 Å². The Kier molecular flexibility index (Phi) is 7.65. The Bertz CT molecular complexity index is 1560. The number of hydrogen-bond acceptors (Lipinski definition) is 5. The predicted octanol–water partition coefficient (Wildman–Crippen LogP) is 3.91. The van der Waals surface area contributed by atoms with Crippen molar-refractivity contribution in [2.75, 3.05) is 44.6 Å². The van der Waals surface area contributed by atoms with Crippen LogP contribution in [0.2, 0.25) is 0 Å². The largest absolute Gasteiger partial charge is 0.335 e. The molecule has 2 aromatic carbocycles. The highest BCUT2D eigenvalue weighted by Gasteiger charge is 2.43. The third-order valence-corrected chi connectivity index (χ3v) is 10.1. The molecule has 0 spiro atoms. The lowest BCUT2D eigenvalue weighted by Crippen LogP contribution is -2.62. The number of nitrogens with zero attached hydrogens (tertiary/aromatic N) is 5. The van der Waals surface area contributed by atoms with Crippen LogP contribution in [0, 0.1) is 0 Å². The van der Waals surface area contributed by atoms with Gasteiger partial charge in [0.25, 0.3) is 0 Å². The summed E-state index contributed by atoms with van der Waals surface area (Å²) >= 11 is 0. The minimum atomic E-state index is -1.09. The Morgan fingerprint density at radius 1 is 0.977 bits per heavy atom.